The second-order valence-corrected chi connectivity index (χ2v) is 9.68. The first kappa shape index (κ1) is 21.9. The summed E-state index contributed by atoms with van der Waals surface area (Å²) < 4.78 is 8.82. The molecule has 2 atom stereocenters. The van der Waals surface area contributed by atoms with Gasteiger partial charge in [0.15, 0.2) is 0 Å². The molecule has 0 spiro atoms. The summed E-state index contributed by atoms with van der Waals surface area (Å²) in [6.45, 7) is 4.49. The summed E-state index contributed by atoms with van der Waals surface area (Å²) in [5.74, 6) is -0.192. The molecule has 0 aliphatic carbocycles. The average Bonchev–Trinajstić information content (AvgIpc) is 2.96. The van der Waals surface area contributed by atoms with Gasteiger partial charge in [-0.3, -0.25) is 0 Å². The van der Waals surface area contributed by atoms with Crippen molar-refractivity contribution in [3.05, 3.63) is 66.2 Å². The zero-order valence-corrected chi connectivity index (χ0v) is 19.3. The third-order valence-electron chi connectivity index (χ3n) is 4.71. The van der Waals surface area contributed by atoms with Crippen LogP contribution in [0.15, 0.2) is 60.7 Å². The van der Waals surface area contributed by atoms with Gasteiger partial charge in [0.25, 0.3) is 0 Å². The van der Waals surface area contributed by atoms with Crippen LogP contribution in [0.2, 0.25) is 5.32 Å². The molecule has 0 bridgehead atoms. The number of nitrogens with zero attached hydrogens (tertiary/aromatic N) is 1. The molecular formula is C22H26BrNO2Se. The Labute approximate surface area is 178 Å². The number of hydrogen-bond acceptors (Lipinski definition) is 2. The van der Waals surface area contributed by atoms with Gasteiger partial charge < -0.3 is 17.0 Å². The first-order valence-electron chi connectivity index (χ1n) is 8.94. The monoisotopic (exact) mass is 495 g/mol. The van der Waals surface area contributed by atoms with E-state index in [9.17, 15) is 4.79 Å². The maximum Gasteiger partial charge on any atom is -1.00 e. The van der Waals surface area contributed by atoms with Crippen molar-refractivity contribution in [3.8, 4) is 0 Å². The van der Waals surface area contributed by atoms with E-state index < -0.39 is 0 Å². The van der Waals surface area contributed by atoms with E-state index in [0.29, 0.717) is 21.0 Å². The molecule has 0 aromatic heterocycles. The number of methoxy groups -OCH3 is 1. The Morgan fingerprint density at radius 2 is 1.74 bits per heavy atom. The van der Waals surface area contributed by atoms with Crippen LogP contribution in [0.25, 0.3) is 0 Å². The van der Waals surface area contributed by atoms with Crippen molar-refractivity contribution in [2.45, 2.75) is 37.7 Å². The van der Waals surface area contributed by atoms with Crippen molar-refractivity contribution < 1.29 is 31.1 Å². The summed E-state index contributed by atoms with van der Waals surface area (Å²) in [7, 11) is 1.47. The number of hydrogen-bond donors (Lipinski definition) is 0. The Morgan fingerprint density at radius 1 is 1.15 bits per heavy atom. The van der Waals surface area contributed by atoms with Crippen LogP contribution in [0.4, 0.5) is 0 Å². The fraction of sp³-hybridized carbons (Fsp3) is 0.364. The number of benzene rings is 2. The minimum atomic E-state index is -0.375. The van der Waals surface area contributed by atoms with Crippen molar-refractivity contribution in [1.29, 1.82) is 0 Å². The molecule has 0 amide bonds. The Hall–Kier alpha value is -1.42. The molecule has 144 valence electrons. The molecule has 0 fully saturated rings. The summed E-state index contributed by atoms with van der Waals surface area (Å²) in [5, 5.41) is 1.08. The molecule has 2 aromatic rings. The van der Waals surface area contributed by atoms with Gasteiger partial charge in [-0.1, -0.05) is 0 Å². The molecule has 0 N–H and O–H groups in total. The molecule has 2 aromatic carbocycles. The van der Waals surface area contributed by atoms with Crippen LogP contribution in [-0.2, 0) is 9.53 Å². The second-order valence-electron chi connectivity index (χ2n) is 7.38. The molecule has 1 unspecified atom stereocenters. The fourth-order valence-corrected chi connectivity index (χ4v) is 5.74. The molecule has 0 radical (unpaired) electrons. The number of ether oxygens (including phenoxy) is 1. The van der Waals surface area contributed by atoms with Crippen molar-refractivity contribution in [2.24, 2.45) is 5.41 Å². The Morgan fingerprint density at radius 3 is 2.33 bits per heavy atom. The van der Waals surface area contributed by atoms with Gasteiger partial charge in [-0.25, -0.2) is 0 Å². The van der Waals surface area contributed by atoms with Gasteiger partial charge >= 0.3 is 162 Å². The normalized spacial score (nSPS) is 18.9. The summed E-state index contributed by atoms with van der Waals surface area (Å²) in [5.41, 5.74) is 1.07. The SMILES string of the molecule is COC(=O)[C@@H](c1ccccc1)[N+]1=CC(C)(C)CC1C[Se]c1ccccc1.[Br-]. The third kappa shape index (κ3) is 5.54. The Bertz CT molecular complexity index is 777. The summed E-state index contributed by atoms with van der Waals surface area (Å²) in [6.07, 6.45) is 3.30. The Balaban J connectivity index is 0.00000261. The second kappa shape index (κ2) is 9.68. The molecule has 1 aliphatic heterocycles. The minimum absolute atomic E-state index is 0. The number of rotatable bonds is 6. The minimum Gasteiger partial charge on any atom is -1.00 e. The van der Waals surface area contributed by atoms with Gasteiger partial charge in [0.05, 0.1) is 0 Å². The van der Waals surface area contributed by atoms with Crippen LogP contribution in [0, 0.1) is 5.41 Å². The van der Waals surface area contributed by atoms with Gasteiger partial charge in [0, 0.05) is 0 Å². The van der Waals surface area contributed by atoms with E-state index in [1.165, 1.54) is 11.6 Å². The van der Waals surface area contributed by atoms with Gasteiger partial charge in [-0.05, 0) is 0 Å². The fourth-order valence-electron chi connectivity index (χ4n) is 3.59. The van der Waals surface area contributed by atoms with Crippen molar-refractivity contribution >= 4 is 31.6 Å². The molecule has 1 aliphatic rings. The van der Waals surface area contributed by atoms with Gasteiger partial charge in [-0.2, -0.15) is 0 Å². The molecule has 1 heterocycles. The zero-order valence-electron chi connectivity index (χ0n) is 16.0. The van der Waals surface area contributed by atoms with E-state index >= 15 is 0 Å². The van der Waals surface area contributed by atoms with Gasteiger partial charge in [0.1, 0.15) is 0 Å². The first-order valence-corrected chi connectivity index (χ1v) is 11.0. The van der Waals surface area contributed by atoms with Crippen LogP contribution < -0.4 is 21.4 Å². The standard InChI is InChI=1S/C22H26NO2Se.BrH/c1-22(2)14-18(15-26-19-12-8-5-9-13-19)23(16-22)20(21(24)25-3)17-10-6-4-7-11-17;/h4-13,16,18,20H,14-15H2,1-3H3;1H/q+1;/p-1/t18?,20-;/m1./s1. The molecule has 3 nitrogen and oxygen atoms in total. The molecule has 5 heteroatoms. The van der Waals surface area contributed by atoms with E-state index in [2.05, 4.69) is 55.0 Å². The van der Waals surface area contributed by atoms with E-state index in [4.69, 9.17) is 4.74 Å². The van der Waals surface area contributed by atoms with Gasteiger partial charge in [-0.15, -0.1) is 0 Å². The van der Waals surface area contributed by atoms with Crippen LogP contribution in [0.5, 0.6) is 0 Å². The van der Waals surface area contributed by atoms with Crippen molar-refractivity contribution in [1.82, 2.24) is 0 Å². The third-order valence-corrected chi connectivity index (χ3v) is 7.13. The maximum atomic E-state index is 12.7. The average molecular weight is 495 g/mol. The first-order chi connectivity index (χ1) is 12.5. The molecule has 0 saturated heterocycles. The van der Waals surface area contributed by atoms with Crippen LogP contribution >= 0.6 is 0 Å². The van der Waals surface area contributed by atoms with Crippen LogP contribution in [0.1, 0.15) is 31.9 Å². The number of carbonyl (C=O) groups excluding carboxylic acids is 1. The molecule has 0 saturated carbocycles. The smallest absolute Gasteiger partial charge is 1.00 e. The summed E-state index contributed by atoms with van der Waals surface area (Å²) >= 11 is 0.385. The van der Waals surface area contributed by atoms with E-state index in [1.807, 2.05) is 30.3 Å². The van der Waals surface area contributed by atoms with Gasteiger partial charge in [0.2, 0.25) is 0 Å². The van der Waals surface area contributed by atoms with E-state index in [-0.39, 0.29) is 34.4 Å². The van der Waals surface area contributed by atoms with E-state index in [0.717, 1.165) is 17.3 Å². The quantitative estimate of drug-likeness (QED) is 0.327. The van der Waals surface area contributed by atoms with Crippen LogP contribution in [-0.4, -0.2) is 44.9 Å². The molecular weight excluding hydrogens is 469 g/mol. The Kier molecular flexibility index (Phi) is 7.84. The summed E-state index contributed by atoms with van der Waals surface area (Å²) in [4.78, 5) is 12.7. The zero-order chi connectivity index (χ0) is 18.6. The summed E-state index contributed by atoms with van der Waals surface area (Å²) in [6, 6.07) is 20.6. The number of carbonyl (C=O) groups is 1. The van der Waals surface area contributed by atoms with Crippen molar-refractivity contribution in [2.75, 3.05) is 7.11 Å². The largest absolute Gasteiger partial charge is 1.00 e. The van der Waals surface area contributed by atoms with Crippen LogP contribution in [0.3, 0.4) is 0 Å². The van der Waals surface area contributed by atoms with E-state index in [1.54, 1.807) is 0 Å². The predicted molar refractivity (Wildman–Crippen MR) is 106 cm³/mol. The maximum absolute atomic E-state index is 12.7. The number of esters is 1. The van der Waals surface area contributed by atoms with Crippen molar-refractivity contribution in [3.63, 3.8) is 0 Å². The molecule has 27 heavy (non-hydrogen) atoms. The predicted octanol–water partition coefficient (Wildman–Crippen LogP) is 0.235. The topological polar surface area (TPSA) is 29.3 Å². The molecule has 3 rings (SSSR count). The number of halogens is 1.